The lowest BCUT2D eigenvalue weighted by molar-refractivity contribution is 0.210. The van der Waals surface area contributed by atoms with Crippen molar-refractivity contribution < 1.29 is 0 Å². The van der Waals surface area contributed by atoms with Crippen molar-refractivity contribution in [3.63, 3.8) is 0 Å². The highest BCUT2D eigenvalue weighted by atomic mass is 32.1. The number of hydrogen-bond donors (Lipinski definition) is 1. The predicted octanol–water partition coefficient (Wildman–Crippen LogP) is 4.30. The molecule has 0 aliphatic rings. The highest BCUT2D eigenvalue weighted by Crippen LogP contribution is 2.21. The number of rotatable bonds is 3. The van der Waals surface area contributed by atoms with Crippen LogP contribution in [0.5, 0.6) is 0 Å². The van der Waals surface area contributed by atoms with Gasteiger partial charge in [0.25, 0.3) is 0 Å². The topological polar surface area (TPSA) is 15.3 Å². The number of hydrogen-bond acceptors (Lipinski definition) is 1. The Balaban J connectivity index is 4.69. The molecule has 0 unspecified atom stereocenters. The minimum absolute atomic E-state index is 0.249. The van der Waals surface area contributed by atoms with Gasteiger partial charge in [0, 0.05) is 19.6 Å². The maximum Gasteiger partial charge on any atom is 0.168 e. The second kappa shape index (κ2) is 6.43. The molecule has 0 rings (SSSR count). The third-order valence-electron chi connectivity index (χ3n) is 2.39. The van der Waals surface area contributed by atoms with Crippen molar-refractivity contribution in [3.05, 3.63) is 0 Å². The molecule has 19 heavy (non-hydrogen) atoms. The molecule has 3 heteroatoms. The molecular formula is C16H34N2S. The van der Waals surface area contributed by atoms with Crippen LogP contribution in [0.1, 0.15) is 62.3 Å². The molecule has 0 aromatic rings. The van der Waals surface area contributed by atoms with E-state index < -0.39 is 0 Å². The van der Waals surface area contributed by atoms with Crippen molar-refractivity contribution in [2.45, 2.75) is 62.3 Å². The van der Waals surface area contributed by atoms with Crippen molar-refractivity contribution in [1.29, 1.82) is 0 Å². The summed E-state index contributed by atoms with van der Waals surface area (Å²) in [6, 6.07) is 0. The van der Waals surface area contributed by atoms with E-state index in [9.17, 15) is 0 Å². The standard InChI is InChI=1S/C16H34N2S/c1-14(2,3)10-17-13(19)18(11-15(4,5)6)12-16(7,8)9/h10-12H2,1-9H3,(H,17,19). The molecule has 0 spiro atoms. The van der Waals surface area contributed by atoms with Crippen molar-refractivity contribution in [1.82, 2.24) is 10.2 Å². The van der Waals surface area contributed by atoms with Crippen molar-refractivity contribution >= 4 is 17.3 Å². The van der Waals surface area contributed by atoms with Crippen LogP contribution >= 0.6 is 12.2 Å². The van der Waals surface area contributed by atoms with Gasteiger partial charge in [-0.15, -0.1) is 0 Å². The van der Waals surface area contributed by atoms with Crippen molar-refractivity contribution in [2.24, 2.45) is 16.2 Å². The maximum atomic E-state index is 5.59. The quantitative estimate of drug-likeness (QED) is 0.779. The average Bonchev–Trinajstić information content (AvgIpc) is 2.07. The second-order valence-corrected chi connectivity index (χ2v) is 9.58. The third kappa shape index (κ3) is 11.2. The molecule has 1 N–H and O–H groups in total. The van der Waals surface area contributed by atoms with Crippen LogP contribution in [-0.4, -0.2) is 29.6 Å². The molecule has 0 heterocycles. The SMILES string of the molecule is CC(C)(C)CNC(=S)N(CC(C)(C)C)CC(C)(C)C. The van der Waals surface area contributed by atoms with Gasteiger partial charge in [-0.3, -0.25) is 0 Å². The summed E-state index contributed by atoms with van der Waals surface area (Å²) in [5.74, 6) is 0. The van der Waals surface area contributed by atoms with E-state index in [0.29, 0.717) is 0 Å². The first-order valence-electron chi connectivity index (χ1n) is 7.22. The van der Waals surface area contributed by atoms with E-state index in [0.717, 1.165) is 24.7 Å². The van der Waals surface area contributed by atoms with Gasteiger partial charge in [0.05, 0.1) is 0 Å². The van der Waals surface area contributed by atoms with Crippen LogP contribution < -0.4 is 5.32 Å². The summed E-state index contributed by atoms with van der Waals surface area (Å²) in [7, 11) is 0. The van der Waals surface area contributed by atoms with Gasteiger partial charge in [0.15, 0.2) is 5.11 Å². The number of nitrogens with one attached hydrogen (secondary N) is 1. The summed E-state index contributed by atoms with van der Waals surface area (Å²) in [4.78, 5) is 2.32. The Morgan fingerprint density at radius 2 is 1.16 bits per heavy atom. The zero-order chi connectivity index (χ0) is 15.5. The van der Waals surface area contributed by atoms with Gasteiger partial charge >= 0.3 is 0 Å². The Morgan fingerprint density at radius 3 is 1.42 bits per heavy atom. The lowest BCUT2D eigenvalue weighted by Crippen LogP contribution is -2.48. The molecule has 2 nitrogen and oxygen atoms in total. The fraction of sp³-hybridized carbons (Fsp3) is 0.938. The highest BCUT2D eigenvalue weighted by Gasteiger charge is 2.24. The maximum absolute atomic E-state index is 5.59. The first kappa shape index (κ1) is 18.7. The molecule has 0 aromatic heterocycles. The fourth-order valence-electron chi connectivity index (χ4n) is 1.80. The lowest BCUT2D eigenvalue weighted by Gasteiger charge is -2.37. The summed E-state index contributed by atoms with van der Waals surface area (Å²) >= 11 is 5.59. The molecule has 0 aliphatic heterocycles. The molecule has 0 saturated carbocycles. The average molecular weight is 287 g/mol. The van der Waals surface area contributed by atoms with Gasteiger partial charge < -0.3 is 10.2 Å². The van der Waals surface area contributed by atoms with E-state index in [1.807, 2.05) is 0 Å². The van der Waals surface area contributed by atoms with Crippen molar-refractivity contribution in [2.75, 3.05) is 19.6 Å². The number of nitrogens with zero attached hydrogens (tertiary/aromatic N) is 1. The Labute approximate surface area is 126 Å². The minimum Gasteiger partial charge on any atom is -0.362 e. The van der Waals surface area contributed by atoms with Gasteiger partial charge in [0.1, 0.15) is 0 Å². The Kier molecular flexibility index (Phi) is 6.32. The van der Waals surface area contributed by atoms with Gasteiger partial charge in [-0.25, -0.2) is 0 Å². The van der Waals surface area contributed by atoms with Crippen LogP contribution in [0.3, 0.4) is 0 Å². The summed E-state index contributed by atoms with van der Waals surface area (Å²) in [6.45, 7) is 23.1. The summed E-state index contributed by atoms with van der Waals surface area (Å²) in [6.07, 6.45) is 0. The Hall–Kier alpha value is -0.310. The van der Waals surface area contributed by atoms with Gasteiger partial charge in [-0.2, -0.15) is 0 Å². The van der Waals surface area contributed by atoms with Crippen LogP contribution in [0.2, 0.25) is 0 Å². The van der Waals surface area contributed by atoms with E-state index >= 15 is 0 Å². The first-order chi connectivity index (χ1) is 8.20. The zero-order valence-corrected chi connectivity index (χ0v) is 15.3. The van der Waals surface area contributed by atoms with Gasteiger partial charge in [0.2, 0.25) is 0 Å². The minimum atomic E-state index is 0.249. The van der Waals surface area contributed by atoms with E-state index in [1.165, 1.54) is 0 Å². The summed E-state index contributed by atoms with van der Waals surface area (Å²) in [5, 5.41) is 4.31. The monoisotopic (exact) mass is 286 g/mol. The second-order valence-electron chi connectivity index (χ2n) is 9.20. The lowest BCUT2D eigenvalue weighted by atomic mass is 9.92. The Morgan fingerprint density at radius 1 is 0.789 bits per heavy atom. The van der Waals surface area contributed by atoms with E-state index in [1.54, 1.807) is 0 Å². The van der Waals surface area contributed by atoms with E-state index in [4.69, 9.17) is 12.2 Å². The number of thiocarbonyl (C=S) groups is 1. The largest absolute Gasteiger partial charge is 0.362 e. The van der Waals surface area contributed by atoms with Crippen molar-refractivity contribution in [3.8, 4) is 0 Å². The first-order valence-corrected chi connectivity index (χ1v) is 7.63. The summed E-state index contributed by atoms with van der Waals surface area (Å²) in [5.41, 5.74) is 0.747. The van der Waals surface area contributed by atoms with E-state index in [-0.39, 0.29) is 16.2 Å². The molecule has 0 fully saturated rings. The highest BCUT2D eigenvalue weighted by molar-refractivity contribution is 7.80. The van der Waals surface area contributed by atoms with Crippen LogP contribution in [0, 0.1) is 16.2 Å². The normalized spacial score (nSPS) is 13.3. The summed E-state index contributed by atoms with van der Waals surface area (Å²) < 4.78 is 0. The molecule has 0 saturated heterocycles. The fourth-order valence-corrected chi connectivity index (χ4v) is 2.00. The molecule has 114 valence electrons. The van der Waals surface area contributed by atoms with E-state index in [2.05, 4.69) is 72.5 Å². The molecule has 0 amide bonds. The van der Waals surface area contributed by atoms with Crippen LogP contribution in [0.4, 0.5) is 0 Å². The van der Waals surface area contributed by atoms with Gasteiger partial charge in [-0.1, -0.05) is 62.3 Å². The molecule has 0 aromatic carbocycles. The molecule has 0 radical (unpaired) electrons. The van der Waals surface area contributed by atoms with Crippen LogP contribution in [0.15, 0.2) is 0 Å². The van der Waals surface area contributed by atoms with Gasteiger partial charge in [-0.05, 0) is 28.5 Å². The predicted molar refractivity (Wildman–Crippen MR) is 90.5 cm³/mol. The van der Waals surface area contributed by atoms with Crippen LogP contribution in [-0.2, 0) is 0 Å². The molecule has 0 bridgehead atoms. The molecule has 0 atom stereocenters. The van der Waals surface area contributed by atoms with Crippen LogP contribution in [0.25, 0.3) is 0 Å². The molecular weight excluding hydrogens is 252 g/mol. The molecule has 0 aliphatic carbocycles. The Bertz CT molecular complexity index is 273. The zero-order valence-electron chi connectivity index (χ0n) is 14.5. The smallest absolute Gasteiger partial charge is 0.168 e. The third-order valence-corrected chi connectivity index (χ3v) is 2.79.